The first-order chi connectivity index (χ1) is 10.3. The molecular formula is C19H17NO. The Labute approximate surface area is 125 Å². The van der Waals surface area contributed by atoms with E-state index in [1.165, 1.54) is 6.08 Å². The summed E-state index contributed by atoms with van der Waals surface area (Å²) in [6.07, 6.45) is 5.29. The van der Waals surface area contributed by atoms with Gasteiger partial charge >= 0.3 is 0 Å². The van der Waals surface area contributed by atoms with Crippen molar-refractivity contribution in [3.63, 3.8) is 0 Å². The fourth-order valence-corrected chi connectivity index (χ4v) is 1.88. The van der Waals surface area contributed by atoms with Crippen LogP contribution in [0.1, 0.15) is 18.1 Å². The van der Waals surface area contributed by atoms with Crippen LogP contribution in [0.4, 0.5) is 0 Å². The second-order valence-corrected chi connectivity index (χ2v) is 4.69. The topological polar surface area (TPSA) is 33.0 Å². The average Bonchev–Trinajstić information content (AvgIpc) is 2.53. The van der Waals surface area contributed by atoms with E-state index in [9.17, 15) is 0 Å². The number of hydrogen-bond acceptors (Lipinski definition) is 2. The first-order valence-electron chi connectivity index (χ1n) is 6.79. The van der Waals surface area contributed by atoms with Crippen LogP contribution >= 0.6 is 0 Å². The third-order valence-electron chi connectivity index (χ3n) is 2.94. The summed E-state index contributed by atoms with van der Waals surface area (Å²) in [7, 11) is 0. The fourth-order valence-electron chi connectivity index (χ4n) is 1.88. The summed E-state index contributed by atoms with van der Waals surface area (Å²) in [5, 5.41) is 8.49. The van der Waals surface area contributed by atoms with E-state index in [2.05, 4.69) is 0 Å². The lowest BCUT2D eigenvalue weighted by Gasteiger charge is -2.06. The molecule has 0 spiro atoms. The van der Waals surface area contributed by atoms with Crippen molar-refractivity contribution in [3.05, 3.63) is 83.4 Å². The van der Waals surface area contributed by atoms with E-state index in [1.807, 2.05) is 73.7 Å². The van der Waals surface area contributed by atoms with Crippen molar-refractivity contribution in [1.29, 1.82) is 5.26 Å². The van der Waals surface area contributed by atoms with Crippen molar-refractivity contribution in [2.75, 3.05) is 0 Å². The highest BCUT2D eigenvalue weighted by atomic mass is 16.5. The molecule has 0 aliphatic heterocycles. The number of allylic oxidation sites excluding steroid dienone is 3. The van der Waals surface area contributed by atoms with Gasteiger partial charge < -0.3 is 4.74 Å². The Morgan fingerprint density at radius 2 is 1.81 bits per heavy atom. The van der Waals surface area contributed by atoms with Gasteiger partial charge in [-0.25, -0.2) is 0 Å². The molecule has 0 fully saturated rings. The maximum atomic E-state index is 8.49. The molecule has 0 aromatic heterocycles. The monoisotopic (exact) mass is 275 g/mol. The van der Waals surface area contributed by atoms with Crippen LogP contribution in [0.3, 0.4) is 0 Å². The molecule has 21 heavy (non-hydrogen) atoms. The second-order valence-electron chi connectivity index (χ2n) is 4.69. The lowest BCUT2D eigenvalue weighted by atomic mass is 10.1. The van der Waals surface area contributed by atoms with Crippen LogP contribution in [0.25, 0.3) is 6.08 Å². The van der Waals surface area contributed by atoms with Gasteiger partial charge in [-0.05, 0) is 41.8 Å². The standard InChI is InChI=1S/C19H17NO/c1-16(6-5-13-20)14-17-9-11-19(12-10-17)21-15-18-7-3-2-4-8-18/h2-12,14H,15H2,1H3/b6-5+,16-14+. The van der Waals surface area contributed by atoms with E-state index in [0.29, 0.717) is 6.61 Å². The molecule has 0 aliphatic rings. The molecule has 0 saturated carbocycles. The highest BCUT2D eigenvalue weighted by molar-refractivity contribution is 5.56. The molecule has 2 aromatic carbocycles. The first-order valence-corrected chi connectivity index (χ1v) is 6.79. The molecule has 2 rings (SSSR count). The third kappa shape index (κ3) is 5.00. The van der Waals surface area contributed by atoms with Gasteiger partial charge in [0.25, 0.3) is 0 Å². The Bertz CT molecular complexity index is 661. The average molecular weight is 275 g/mol. The van der Waals surface area contributed by atoms with Crippen LogP contribution in [-0.2, 0) is 6.61 Å². The third-order valence-corrected chi connectivity index (χ3v) is 2.94. The van der Waals surface area contributed by atoms with Gasteiger partial charge in [-0.15, -0.1) is 0 Å². The molecule has 0 saturated heterocycles. The quantitative estimate of drug-likeness (QED) is 0.582. The minimum absolute atomic E-state index is 0.569. The lowest BCUT2D eigenvalue weighted by Crippen LogP contribution is -1.94. The molecule has 0 aliphatic carbocycles. The predicted octanol–water partition coefficient (Wildman–Crippen LogP) is 4.75. The zero-order valence-electron chi connectivity index (χ0n) is 12.0. The number of ether oxygens (including phenoxy) is 1. The number of hydrogen-bond donors (Lipinski definition) is 0. The predicted molar refractivity (Wildman–Crippen MR) is 85.6 cm³/mol. The van der Waals surface area contributed by atoms with Crippen LogP contribution in [0.2, 0.25) is 0 Å². The summed E-state index contributed by atoms with van der Waals surface area (Å²) in [6.45, 7) is 2.54. The van der Waals surface area contributed by atoms with E-state index in [-0.39, 0.29) is 0 Å². The van der Waals surface area contributed by atoms with Gasteiger partial charge in [-0.2, -0.15) is 5.26 Å². The molecule has 0 atom stereocenters. The summed E-state index contributed by atoms with van der Waals surface area (Å²) in [5.41, 5.74) is 3.27. The zero-order valence-corrected chi connectivity index (χ0v) is 12.0. The molecule has 2 aromatic rings. The van der Waals surface area contributed by atoms with E-state index in [4.69, 9.17) is 10.00 Å². The Balaban J connectivity index is 1.96. The van der Waals surface area contributed by atoms with Crippen LogP contribution in [0, 0.1) is 11.3 Å². The van der Waals surface area contributed by atoms with Gasteiger partial charge in [-0.1, -0.05) is 48.5 Å². The van der Waals surface area contributed by atoms with Crippen molar-refractivity contribution < 1.29 is 4.74 Å². The van der Waals surface area contributed by atoms with Gasteiger partial charge in [0.05, 0.1) is 6.07 Å². The SMILES string of the molecule is CC(/C=C/C#N)=C\c1ccc(OCc2ccccc2)cc1. The number of nitrogens with zero attached hydrogens (tertiary/aromatic N) is 1. The maximum absolute atomic E-state index is 8.49. The molecular weight excluding hydrogens is 258 g/mol. The van der Waals surface area contributed by atoms with Gasteiger partial charge in [-0.3, -0.25) is 0 Å². The minimum Gasteiger partial charge on any atom is -0.489 e. The smallest absolute Gasteiger partial charge is 0.119 e. The van der Waals surface area contributed by atoms with Crippen LogP contribution in [0.5, 0.6) is 5.75 Å². The normalized spacial score (nSPS) is 11.3. The highest BCUT2D eigenvalue weighted by Gasteiger charge is 1.96. The lowest BCUT2D eigenvalue weighted by molar-refractivity contribution is 0.306. The number of benzene rings is 2. The van der Waals surface area contributed by atoms with E-state index in [0.717, 1.165) is 22.4 Å². The number of rotatable bonds is 5. The van der Waals surface area contributed by atoms with E-state index >= 15 is 0 Å². The van der Waals surface area contributed by atoms with E-state index < -0.39 is 0 Å². The zero-order chi connectivity index (χ0) is 14.9. The number of nitriles is 1. The minimum atomic E-state index is 0.569. The van der Waals surface area contributed by atoms with Crippen molar-refractivity contribution in [1.82, 2.24) is 0 Å². The molecule has 2 nitrogen and oxygen atoms in total. The van der Waals surface area contributed by atoms with Gasteiger partial charge in [0.15, 0.2) is 0 Å². The summed E-state index contributed by atoms with van der Waals surface area (Å²) >= 11 is 0. The van der Waals surface area contributed by atoms with Crippen molar-refractivity contribution in [3.8, 4) is 11.8 Å². The first kappa shape index (κ1) is 14.6. The van der Waals surface area contributed by atoms with Gasteiger partial charge in [0.2, 0.25) is 0 Å². The molecule has 0 heterocycles. The molecule has 0 amide bonds. The Morgan fingerprint density at radius 3 is 2.48 bits per heavy atom. The molecule has 104 valence electrons. The highest BCUT2D eigenvalue weighted by Crippen LogP contribution is 2.16. The summed E-state index contributed by atoms with van der Waals surface area (Å²) in [6, 6.07) is 20.0. The summed E-state index contributed by atoms with van der Waals surface area (Å²) < 4.78 is 5.74. The van der Waals surface area contributed by atoms with Crippen molar-refractivity contribution >= 4 is 6.08 Å². The molecule has 0 N–H and O–H groups in total. The van der Waals surface area contributed by atoms with Crippen LogP contribution < -0.4 is 4.74 Å². The largest absolute Gasteiger partial charge is 0.489 e. The van der Waals surface area contributed by atoms with Gasteiger partial charge in [0.1, 0.15) is 12.4 Å². The molecule has 0 unspecified atom stereocenters. The second kappa shape index (κ2) is 7.72. The van der Waals surface area contributed by atoms with Gasteiger partial charge in [0, 0.05) is 6.08 Å². The van der Waals surface area contributed by atoms with Crippen LogP contribution in [0.15, 0.2) is 72.3 Å². The molecule has 0 bridgehead atoms. The fraction of sp³-hybridized carbons (Fsp3) is 0.105. The molecule has 2 heteroatoms. The van der Waals surface area contributed by atoms with E-state index in [1.54, 1.807) is 6.08 Å². The maximum Gasteiger partial charge on any atom is 0.119 e. The molecule has 0 radical (unpaired) electrons. The van der Waals surface area contributed by atoms with Crippen LogP contribution in [-0.4, -0.2) is 0 Å². The summed E-state index contributed by atoms with van der Waals surface area (Å²) in [4.78, 5) is 0. The Hall–Kier alpha value is -2.79. The Morgan fingerprint density at radius 1 is 1.10 bits per heavy atom. The summed E-state index contributed by atoms with van der Waals surface area (Å²) in [5.74, 6) is 0.848. The van der Waals surface area contributed by atoms with Crippen molar-refractivity contribution in [2.45, 2.75) is 13.5 Å². The van der Waals surface area contributed by atoms with Crippen molar-refractivity contribution in [2.24, 2.45) is 0 Å². The Kier molecular flexibility index (Phi) is 5.37.